The fourth-order valence-electron chi connectivity index (χ4n) is 3.13. The second-order valence-corrected chi connectivity index (χ2v) is 6.80. The molecule has 0 unspecified atom stereocenters. The summed E-state index contributed by atoms with van der Waals surface area (Å²) in [5, 5.41) is 1.82. The molecule has 7 nitrogen and oxygen atoms in total. The van der Waals surface area contributed by atoms with E-state index in [9.17, 15) is 9.59 Å². The predicted octanol–water partition coefficient (Wildman–Crippen LogP) is 3.34. The first-order valence-electron chi connectivity index (χ1n) is 8.76. The average molecular weight is 399 g/mol. The van der Waals surface area contributed by atoms with E-state index in [4.69, 9.17) is 14.5 Å². The van der Waals surface area contributed by atoms with Crippen molar-refractivity contribution in [1.29, 1.82) is 0 Å². The number of nitrogens with zero attached hydrogens (tertiary/aromatic N) is 3. The molecule has 1 aromatic heterocycles. The minimum atomic E-state index is -0.638. The fraction of sp³-hybridized carbons (Fsp3) is 0.300. The first kappa shape index (κ1) is 19.8. The molecule has 1 aromatic carbocycles. The maximum Gasteiger partial charge on any atom is 0.338 e. The average Bonchev–Trinajstić information content (AvgIpc) is 3.21. The largest absolute Gasteiger partial charge is 0.497 e. The summed E-state index contributed by atoms with van der Waals surface area (Å²) in [6.07, 6.45) is 0. The third-order valence-corrected chi connectivity index (χ3v) is 4.93. The van der Waals surface area contributed by atoms with Crippen molar-refractivity contribution in [3.8, 4) is 5.75 Å². The molecule has 3 rings (SSSR count). The lowest BCUT2D eigenvalue weighted by Crippen LogP contribution is -2.40. The number of ether oxygens (including phenoxy) is 2. The molecule has 0 saturated carbocycles. The van der Waals surface area contributed by atoms with Crippen LogP contribution in [0.2, 0.25) is 0 Å². The molecule has 8 heteroatoms. The van der Waals surface area contributed by atoms with Gasteiger partial charge in [-0.1, -0.05) is 12.1 Å². The number of aromatic nitrogens is 1. The van der Waals surface area contributed by atoms with Gasteiger partial charge in [-0.3, -0.25) is 14.7 Å². The molecule has 0 fully saturated rings. The Bertz CT molecular complexity index is 950. The van der Waals surface area contributed by atoms with Gasteiger partial charge in [0, 0.05) is 18.0 Å². The SMILES string of the molecule is CCOC(=O)C1=C(C)N(C(C)=O)C(c2cscn2)=N[C@@H]1c1cccc(OC)c1. The summed E-state index contributed by atoms with van der Waals surface area (Å²) in [6.45, 7) is 5.12. The zero-order valence-electron chi connectivity index (χ0n) is 16.1. The second kappa shape index (κ2) is 8.35. The quantitative estimate of drug-likeness (QED) is 0.721. The highest BCUT2D eigenvalue weighted by molar-refractivity contribution is 7.07. The lowest BCUT2D eigenvalue weighted by Gasteiger charge is -2.32. The van der Waals surface area contributed by atoms with Crippen molar-refractivity contribution in [1.82, 2.24) is 9.88 Å². The maximum absolute atomic E-state index is 12.8. The van der Waals surface area contributed by atoms with Gasteiger partial charge >= 0.3 is 5.97 Å². The van der Waals surface area contributed by atoms with Crippen LogP contribution in [0, 0.1) is 0 Å². The molecule has 1 aliphatic rings. The van der Waals surface area contributed by atoms with Gasteiger partial charge < -0.3 is 9.47 Å². The number of esters is 1. The molecular formula is C20H21N3O4S. The van der Waals surface area contributed by atoms with Gasteiger partial charge in [0.1, 0.15) is 17.5 Å². The predicted molar refractivity (Wildman–Crippen MR) is 106 cm³/mol. The van der Waals surface area contributed by atoms with Crippen LogP contribution < -0.4 is 4.74 Å². The van der Waals surface area contributed by atoms with Gasteiger partial charge in [-0.25, -0.2) is 9.78 Å². The van der Waals surface area contributed by atoms with E-state index < -0.39 is 12.0 Å². The van der Waals surface area contributed by atoms with Crippen LogP contribution in [0.4, 0.5) is 0 Å². The summed E-state index contributed by atoms with van der Waals surface area (Å²) >= 11 is 1.41. The highest BCUT2D eigenvalue weighted by atomic mass is 32.1. The Balaban J connectivity index is 2.21. The molecule has 146 valence electrons. The van der Waals surface area contributed by atoms with Crippen LogP contribution in [0.15, 0.2) is 51.4 Å². The highest BCUT2D eigenvalue weighted by Crippen LogP contribution is 2.37. The number of rotatable bonds is 5. The summed E-state index contributed by atoms with van der Waals surface area (Å²) in [6, 6.07) is 6.71. The van der Waals surface area contributed by atoms with Crippen molar-refractivity contribution >= 4 is 29.0 Å². The molecule has 2 aromatic rings. The maximum atomic E-state index is 12.8. The van der Waals surface area contributed by atoms with Crippen LogP contribution in [-0.4, -0.2) is 41.3 Å². The monoisotopic (exact) mass is 399 g/mol. The Morgan fingerprint density at radius 2 is 2.11 bits per heavy atom. The van der Waals surface area contributed by atoms with Crippen LogP contribution in [0.5, 0.6) is 5.75 Å². The van der Waals surface area contributed by atoms with E-state index in [1.165, 1.54) is 23.2 Å². The topological polar surface area (TPSA) is 81.1 Å². The number of hydrogen-bond acceptors (Lipinski definition) is 7. The molecule has 1 amide bonds. The van der Waals surface area contributed by atoms with E-state index in [1.807, 2.05) is 29.6 Å². The minimum Gasteiger partial charge on any atom is -0.497 e. The molecule has 1 atom stereocenters. The van der Waals surface area contributed by atoms with Gasteiger partial charge in [-0.15, -0.1) is 11.3 Å². The van der Waals surface area contributed by atoms with Gasteiger partial charge in [-0.05, 0) is 31.5 Å². The molecule has 28 heavy (non-hydrogen) atoms. The summed E-state index contributed by atoms with van der Waals surface area (Å²) in [4.78, 5) is 35.7. The molecule has 0 radical (unpaired) electrons. The van der Waals surface area contributed by atoms with Gasteiger partial charge in [0.2, 0.25) is 5.91 Å². The Morgan fingerprint density at radius 1 is 1.32 bits per heavy atom. The van der Waals surface area contributed by atoms with Crippen LogP contribution in [0.25, 0.3) is 0 Å². The lowest BCUT2D eigenvalue weighted by atomic mass is 9.94. The Labute approximate surface area is 167 Å². The number of aliphatic imine (C=N–C) groups is 1. The van der Waals surface area contributed by atoms with E-state index in [0.717, 1.165) is 5.56 Å². The van der Waals surface area contributed by atoms with Gasteiger partial charge in [0.05, 0.1) is 24.8 Å². The van der Waals surface area contributed by atoms with Gasteiger partial charge in [-0.2, -0.15) is 0 Å². The third kappa shape index (κ3) is 3.68. The van der Waals surface area contributed by atoms with Crippen molar-refractivity contribution < 1.29 is 19.1 Å². The van der Waals surface area contributed by atoms with Crippen LogP contribution in [-0.2, 0) is 14.3 Å². The number of methoxy groups -OCH3 is 1. The van der Waals surface area contributed by atoms with Crippen molar-refractivity contribution in [3.63, 3.8) is 0 Å². The first-order valence-corrected chi connectivity index (χ1v) is 9.71. The summed E-state index contributed by atoms with van der Waals surface area (Å²) < 4.78 is 10.6. The third-order valence-electron chi connectivity index (χ3n) is 4.34. The van der Waals surface area contributed by atoms with Crippen molar-refractivity contribution in [2.45, 2.75) is 26.8 Å². The van der Waals surface area contributed by atoms with E-state index in [-0.39, 0.29) is 12.5 Å². The summed E-state index contributed by atoms with van der Waals surface area (Å²) in [5.41, 5.74) is 3.82. The first-order chi connectivity index (χ1) is 13.5. The van der Waals surface area contributed by atoms with E-state index in [0.29, 0.717) is 28.5 Å². The number of amidine groups is 1. The number of thiazole rings is 1. The second-order valence-electron chi connectivity index (χ2n) is 6.08. The Morgan fingerprint density at radius 3 is 2.71 bits per heavy atom. The minimum absolute atomic E-state index is 0.225. The number of amides is 1. The van der Waals surface area contributed by atoms with E-state index in [2.05, 4.69) is 4.98 Å². The van der Waals surface area contributed by atoms with Crippen molar-refractivity contribution in [2.75, 3.05) is 13.7 Å². The van der Waals surface area contributed by atoms with Crippen LogP contribution >= 0.6 is 11.3 Å². The smallest absolute Gasteiger partial charge is 0.338 e. The molecular weight excluding hydrogens is 378 g/mol. The molecule has 0 saturated heterocycles. The fourth-order valence-corrected chi connectivity index (χ4v) is 3.66. The van der Waals surface area contributed by atoms with Crippen LogP contribution in [0.3, 0.4) is 0 Å². The van der Waals surface area contributed by atoms with E-state index >= 15 is 0 Å². The standard InChI is InChI=1S/C20H21N3O4S/c1-5-27-20(25)17-12(2)23(13(3)24)19(16-10-28-11-21-16)22-18(17)14-7-6-8-15(9-14)26-4/h6-11,18H,5H2,1-4H3/t18-/m1/s1. The number of allylic oxidation sites excluding steroid dienone is 1. The number of carbonyl (C=O) groups excluding carboxylic acids is 2. The van der Waals surface area contributed by atoms with Crippen molar-refractivity contribution in [2.24, 2.45) is 4.99 Å². The summed E-state index contributed by atoms with van der Waals surface area (Å²) in [7, 11) is 1.58. The zero-order valence-corrected chi connectivity index (χ0v) is 16.9. The Hall–Kier alpha value is -3.00. The normalized spacial score (nSPS) is 16.6. The zero-order chi connectivity index (χ0) is 20.3. The molecule has 0 aliphatic carbocycles. The molecule has 0 N–H and O–H groups in total. The van der Waals surface area contributed by atoms with Gasteiger partial charge in [0.25, 0.3) is 0 Å². The lowest BCUT2D eigenvalue weighted by molar-refractivity contribution is -0.139. The summed E-state index contributed by atoms with van der Waals surface area (Å²) in [5.74, 6) is 0.306. The molecule has 0 bridgehead atoms. The number of hydrogen-bond donors (Lipinski definition) is 0. The van der Waals surface area contributed by atoms with Gasteiger partial charge in [0.15, 0.2) is 5.84 Å². The van der Waals surface area contributed by atoms with Crippen molar-refractivity contribution in [3.05, 3.63) is 57.7 Å². The molecule has 0 spiro atoms. The van der Waals surface area contributed by atoms with E-state index in [1.54, 1.807) is 26.5 Å². The Kier molecular flexibility index (Phi) is 5.89. The number of carbonyl (C=O) groups is 2. The molecule has 1 aliphatic heterocycles. The number of benzene rings is 1. The molecule has 2 heterocycles. The van der Waals surface area contributed by atoms with Crippen LogP contribution in [0.1, 0.15) is 38.1 Å². The highest BCUT2D eigenvalue weighted by Gasteiger charge is 2.36.